The molecule has 3 nitrogen and oxygen atoms in total. The van der Waals surface area contributed by atoms with Crippen LogP contribution in [0.2, 0.25) is 0 Å². The number of carbonyl (C=O) groups excluding carboxylic acids is 1. The zero-order chi connectivity index (χ0) is 11.8. The van der Waals surface area contributed by atoms with Gasteiger partial charge in [0.25, 0.3) is 0 Å². The van der Waals surface area contributed by atoms with E-state index in [2.05, 4.69) is 11.8 Å². The van der Waals surface area contributed by atoms with Gasteiger partial charge in [-0.2, -0.15) is 0 Å². The van der Waals surface area contributed by atoms with Crippen molar-refractivity contribution in [3.05, 3.63) is 0 Å². The van der Waals surface area contributed by atoms with Crippen LogP contribution in [0.25, 0.3) is 0 Å². The van der Waals surface area contributed by atoms with Crippen molar-refractivity contribution in [2.24, 2.45) is 0 Å². The maximum absolute atomic E-state index is 12.0. The number of hydrogen-bond acceptors (Lipinski definition) is 2. The molecule has 1 amide bonds. The second-order valence-electron chi connectivity index (χ2n) is 4.42. The van der Waals surface area contributed by atoms with Crippen LogP contribution in [0.15, 0.2) is 0 Å². The van der Waals surface area contributed by atoms with E-state index >= 15 is 0 Å². The van der Waals surface area contributed by atoms with Crippen LogP contribution in [-0.4, -0.2) is 36.6 Å². The Hall–Kier alpha value is -0.570. The van der Waals surface area contributed by atoms with Gasteiger partial charge in [-0.25, -0.2) is 0 Å². The Labute approximate surface area is 99.1 Å². The van der Waals surface area contributed by atoms with Gasteiger partial charge in [-0.15, -0.1) is 0 Å². The Morgan fingerprint density at radius 3 is 2.50 bits per heavy atom. The first-order chi connectivity index (χ1) is 7.79. The van der Waals surface area contributed by atoms with Crippen LogP contribution >= 0.6 is 0 Å². The number of rotatable bonds is 6. The lowest BCUT2D eigenvalue weighted by atomic mass is 9.94. The smallest absolute Gasteiger partial charge is 0.225 e. The fraction of sp³-hybridized carbons (Fsp3) is 0.923. The van der Waals surface area contributed by atoms with E-state index in [1.165, 1.54) is 32.1 Å². The van der Waals surface area contributed by atoms with Crippen molar-refractivity contribution < 1.29 is 9.53 Å². The second kappa shape index (κ2) is 7.66. The van der Waals surface area contributed by atoms with E-state index in [0.29, 0.717) is 25.7 Å². The maximum Gasteiger partial charge on any atom is 0.225 e. The molecule has 0 atom stereocenters. The molecule has 0 bridgehead atoms. The summed E-state index contributed by atoms with van der Waals surface area (Å²) < 4.78 is 5.24. The van der Waals surface area contributed by atoms with Crippen LogP contribution in [0, 0.1) is 0 Å². The van der Waals surface area contributed by atoms with E-state index in [1.807, 2.05) is 6.92 Å². The van der Waals surface area contributed by atoms with Crippen molar-refractivity contribution in [3.63, 3.8) is 0 Å². The van der Waals surface area contributed by atoms with E-state index < -0.39 is 0 Å². The SMILES string of the molecule is CCOCCC(=O)N(CC)C1CCCCC1. The van der Waals surface area contributed by atoms with Gasteiger partial charge in [-0.3, -0.25) is 4.79 Å². The van der Waals surface area contributed by atoms with Gasteiger partial charge < -0.3 is 9.64 Å². The quantitative estimate of drug-likeness (QED) is 0.653. The summed E-state index contributed by atoms with van der Waals surface area (Å²) in [6.45, 7) is 6.15. The molecule has 0 N–H and O–H groups in total. The fourth-order valence-corrected chi connectivity index (χ4v) is 2.48. The molecule has 1 fully saturated rings. The van der Waals surface area contributed by atoms with Gasteiger partial charge in [0, 0.05) is 19.2 Å². The zero-order valence-electron chi connectivity index (χ0n) is 10.7. The van der Waals surface area contributed by atoms with Gasteiger partial charge in [0.05, 0.1) is 13.0 Å². The number of hydrogen-bond donors (Lipinski definition) is 0. The molecule has 1 aliphatic rings. The predicted molar refractivity (Wildman–Crippen MR) is 65.4 cm³/mol. The topological polar surface area (TPSA) is 29.5 Å². The van der Waals surface area contributed by atoms with Crippen molar-refractivity contribution in [1.29, 1.82) is 0 Å². The number of ether oxygens (including phenoxy) is 1. The Kier molecular flexibility index (Phi) is 6.46. The minimum atomic E-state index is 0.267. The van der Waals surface area contributed by atoms with Crippen LogP contribution in [0.5, 0.6) is 0 Å². The third-order valence-electron chi connectivity index (χ3n) is 3.34. The van der Waals surface area contributed by atoms with E-state index in [-0.39, 0.29) is 5.91 Å². The molecular weight excluding hydrogens is 202 g/mol. The Bertz CT molecular complexity index is 200. The van der Waals surface area contributed by atoms with Crippen LogP contribution < -0.4 is 0 Å². The number of carbonyl (C=O) groups is 1. The highest BCUT2D eigenvalue weighted by molar-refractivity contribution is 5.76. The fourth-order valence-electron chi connectivity index (χ4n) is 2.48. The number of nitrogens with zero attached hydrogens (tertiary/aromatic N) is 1. The third-order valence-corrected chi connectivity index (χ3v) is 3.34. The summed E-state index contributed by atoms with van der Waals surface area (Å²) >= 11 is 0. The monoisotopic (exact) mass is 227 g/mol. The number of amides is 1. The van der Waals surface area contributed by atoms with Crippen LogP contribution in [0.4, 0.5) is 0 Å². The lowest BCUT2D eigenvalue weighted by Crippen LogP contribution is -2.41. The molecule has 0 aromatic carbocycles. The maximum atomic E-state index is 12.0. The highest BCUT2D eigenvalue weighted by Crippen LogP contribution is 2.22. The first-order valence-corrected chi connectivity index (χ1v) is 6.66. The van der Waals surface area contributed by atoms with Crippen molar-refractivity contribution >= 4 is 5.91 Å². The molecule has 0 heterocycles. The van der Waals surface area contributed by atoms with Gasteiger partial charge >= 0.3 is 0 Å². The molecule has 0 aliphatic heterocycles. The van der Waals surface area contributed by atoms with Crippen molar-refractivity contribution in [1.82, 2.24) is 4.90 Å². The summed E-state index contributed by atoms with van der Waals surface area (Å²) in [5, 5.41) is 0. The summed E-state index contributed by atoms with van der Waals surface area (Å²) in [5.74, 6) is 0.267. The summed E-state index contributed by atoms with van der Waals surface area (Å²) in [4.78, 5) is 14.0. The van der Waals surface area contributed by atoms with Gasteiger partial charge in [0.2, 0.25) is 5.91 Å². The zero-order valence-corrected chi connectivity index (χ0v) is 10.7. The first kappa shape index (κ1) is 13.5. The normalized spacial score (nSPS) is 17.4. The highest BCUT2D eigenvalue weighted by atomic mass is 16.5. The molecule has 1 saturated carbocycles. The lowest BCUT2D eigenvalue weighted by Gasteiger charge is -2.33. The molecule has 0 unspecified atom stereocenters. The summed E-state index contributed by atoms with van der Waals surface area (Å²) in [7, 11) is 0. The van der Waals surface area contributed by atoms with Gasteiger partial charge in [-0.05, 0) is 26.7 Å². The Morgan fingerprint density at radius 1 is 1.25 bits per heavy atom. The molecule has 1 aliphatic carbocycles. The molecular formula is C13H25NO2. The highest BCUT2D eigenvalue weighted by Gasteiger charge is 2.23. The largest absolute Gasteiger partial charge is 0.381 e. The molecule has 0 saturated heterocycles. The standard InChI is InChI=1S/C13H25NO2/c1-3-14(12-8-6-5-7-9-12)13(15)10-11-16-4-2/h12H,3-11H2,1-2H3. The summed E-state index contributed by atoms with van der Waals surface area (Å²) in [5.41, 5.74) is 0. The van der Waals surface area contributed by atoms with Crippen LogP contribution in [-0.2, 0) is 9.53 Å². The predicted octanol–water partition coefficient (Wildman–Crippen LogP) is 2.59. The second-order valence-corrected chi connectivity index (χ2v) is 4.42. The van der Waals surface area contributed by atoms with E-state index in [0.717, 1.165) is 6.54 Å². The molecule has 3 heteroatoms. The van der Waals surface area contributed by atoms with E-state index in [1.54, 1.807) is 0 Å². The molecule has 1 rings (SSSR count). The molecule has 0 aromatic rings. The van der Waals surface area contributed by atoms with Gasteiger partial charge in [0.1, 0.15) is 0 Å². The first-order valence-electron chi connectivity index (χ1n) is 6.66. The van der Waals surface area contributed by atoms with E-state index in [9.17, 15) is 4.79 Å². The summed E-state index contributed by atoms with van der Waals surface area (Å²) in [6, 6.07) is 0.493. The average molecular weight is 227 g/mol. The van der Waals surface area contributed by atoms with E-state index in [4.69, 9.17) is 4.74 Å². The minimum absolute atomic E-state index is 0.267. The van der Waals surface area contributed by atoms with Gasteiger partial charge in [-0.1, -0.05) is 19.3 Å². The Morgan fingerprint density at radius 2 is 1.94 bits per heavy atom. The molecule has 0 aromatic heterocycles. The lowest BCUT2D eigenvalue weighted by molar-refractivity contribution is -0.135. The summed E-state index contributed by atoms with van der Waals surface area (Å²) in [6.07, 6.45) is 6.81. The third kappa shape index (κ3) is 4.12. The molecule has 94 valence electrons. The molecule has 0 spiro atoms. The Balaban J connectivity index is 2.35. The minimum Gasteiger partial charge on any atom is -0.381 e. The average Bonchev–Trinajstić information content (AvgIpc) is 2.32. The van der Waals surface area contributed by atoms with Gasteiger partial charge in [0.15, 0.2) is 0 Å². The van der Waals surface area contributed by atoms with Crippen molar-refractivity contribution in [2.75, 3.05) is 19.8 Å². The molecule has 0 radical (unpaired) electrons. The molecule has 16 heavy (non-hydrogen) atoms. The van der Waals surface area contributed by atoms with Crippen LogP contribution in [0.1, 0.15) is 52.4 Å². The van der Waals surface area contributed by atoms with Crippen molar-refractivity contribution in [3.8, 4) is 0 Å². The van der Waals surface area contributed by atoms with Crippen molar-refractivity contribution in [2.45, 2.75) is 58.4 Å². The van der Waals surface area contributed by atoms with Crippen LogP contribution in [0.3, 0.4) is 0 Å².